The maximum absolute atomic E-state index is 10.4. The number of methoxy groups -OCH3 is 1. The molecule has 138 valence electrons. The fourth-order valence-corrected chi connectivity index (χ4v) is 2.32. The number of benzene rings is 1. The minimum atomic E-state index is -1.57. The van der Waals surface area contributed by atoms with Gasteiger partial charge in [0, 0.05) is 6.08 Å². The van der Waals surface area contributed by atoms with Crippen LogP contribution in [0.4, 0.5) is 0 Å². The molecule has 5 atom stereocenters. The number of nitrogens with zero attached hydrogens (tertiary/aromatic N) is 1. The van der Waals surface area contributed by atoms with E-state index in [1.54, 1.807) is 0 Å². The second kappa shape index (κ2) is 8.23. The van der Waals surface area contributed by atoms with Crippen LogP contribution in [0.3, 0.4) is 0 Å². The fourth-order valence-electron chi connectivity index (χ4n) is 2.32. The molecule has 1 aromatic rings. The number of aliphatic hydroxyl groups excluding tert-OH is 4. The van der Waals surface area contributed by atoms with Crippen LogP contribution < -0.4 is 9.47 Å². The summed E-state index contributed by atoms with van der Waals surface area (Å²) in [4.78, 5) is 9.76. The molecule has 10 nitrogen and oxygen atoms in total. The summed E-state index contributed by atoms with van der Waals surface area (Å²) in [6, 6.07) is 4.43. The Morgan fingerprint density at radius 2 is 1.96 bits per heavy atom. The van der Waals surface area contributed by atoms with Crippen LogP contribution in [0.15, 0.2) is 24.4 Å². The molecule has 0 amide bonds. The van der Waals surface area contributed by atoms with Gasteiger partial charge in [-0.25, -0.2) is 0 Å². The van der Waals surface area contributed by atoms with Gasteiger partial charge in [-0.05, 0) is 17.7 Å². The van der Waals surface area contributed by atoms with Crippen molar-refractivity contribution in [3.8, 4) is 11.5 Å². The third-order valence-electron chi connectivity index (χ3n) is 3.67. The Hall–Kier alpha value is -2.24. The van der Waals surface area contributed by atoms with Crippen molar-refractivity contribution in [2.24, 2.45) is 0 Å². The van der Waals surface area contributed by atoms with Crippen LogP contribution in [0.25, 0.3) is 6.08 Å². The molecule has 1 fully saturated rings. The van der Waals surface area contributed by atoms with Crippen molar-refractivity contribution >= 4 is 6.08 Å². The Bertz CT molecular complexity index is 633. The Labute approximate surface area is 142 Å². The van der Waals surface area contributed by atoms with Crippen molar-refractivity contribution in [3.63, 3.8) is 0 Å². The molecule has 2 rings (SSSR count). The summed E-state index contributed by atoms with van der Waals surface area (Å²) in [7, 11) is 1.36. The molecule has 0 radical (unpaired) electrons. The molecule has 4 N–H and O–H groups in total. The molecule has 0 unspecified atom stereocenters. The molecule has 25 heavy (non-hydrogen) atoms. The van der Waals surface area contributed by atoms with Crippen LogP contribution in [0.5, 0.6) is 11.5 Å². The van der Waals surface area contributed by atoms with Crippen molar-refractivity contribution in [2.45, 2.75) is 30.7 Å². The normalized spacial score (nSPS) is 29.6. The average molecular weight is 357 g/mol. The van der Waals surface area contributed by atoms with E-state index in [0.29, 0.717) is 5.56 Å². The van der Waals surface area contributed by atoms with Gasteiger partial charge in [0.1, 0.15) is 24.4 Å². The summed E-state index contributed by atoms with van der Waals surface area (Å²) < 4.78 is 15.9. The van der Waals surface area contributed by atoms with Gasteiger partial charge in [0.2, 0.25) is 12.5 Å². The van der Waals surface area contributed by atoms with Gasteiger partial charge in [0.25, 0.3) is 0 Å². The zero-order valence-electron chi connectivity index (χ0n) is 13.3. The number of nitro groups is 1. The molecule has 1 aliphatic rings. The van der Waals surface area contributed by atoms with E-state index in [1.807, 2.05) is 0 Å². The molecule has 1 saturated heterocycles. The van der Waals surface area contributed by atoms with Crippen LogP contribution >= 0.6 is 0 Å². The van der Waals surface area contributed by atoms with Gasteiger partial charge in [-0.15, -0.1) is 0 Å². The summed E-state index contributed by atoms with van der Waals surface area (Å²) >= 11 is 0. The van der Waals surface area contributed by atoms with Crippen molar-refractivity contribution in [1.29, 1.82) is 0 Å². The summed E-state index contributed by atoms with van der Waals surface area (Å²) in [6.07, 6.45) is -5.04. The third-order valence-corrected chi connectivity index (χ3v) is 3.67. The van der Waals surface area contributed by atoms with Gasteiger partial charge in [0.05, 0.1) is 18.6 Å². The van der Waals surface area contributed by atoms with Crippen LogP contribution in [0.1, 0.15) is 5.56 Å². The highest BCUT2D eigenvalue weighted by molar-refractivity contribution is 5.55. The second-order valence-corrected chi connectivity index (χ2v) is 5.33. The van der Waals surface area contributed by atoms with E-state index in [0.717, 1.165) is 6.20 Å². The molecule has 1 aromatic carbocycles. The SMILES string of the molecule is COc1cc(C=C[N+](=O)[O-])ccc1O[C@@H]1O[C@H](CO)[C@@H](O)[C@H](O)[C@H]1O. The lowest BCUT2D eigenvalue weighted by molar-refractivity contribution is -0.400. The van der Waals surface area contributed by atoms with E-state index in [1.165, 1.54) is 31.4 Å². The van der Waals surface area contributed by atoms with Crippen LogP contribution in [0.2, 0.25) is 0 Å². The highest BCUT2D eigenvalue weighted by atomic mass is 16.7. The summed E-state index contributed by atoms with van der Waals surface area (Å²) in [6.45, 7) is -0.577. The third kappa shape index (κ3) is 4.44. The molecule has 10 heteroatoms. The smallest absolute Gasteiger partial charge is 0.235 e. The van der Waals surface area contributed by atoms with Gasteiger partial charge in [0.15, 0.2) is 11.5 Å². The van der Waals surface area contributed by atoms with Crippen molar-refractivity contribution in [3.05, 3.63) is 40.1 Å². The highest BCUT2D eigenvalue weighted by Gasteiger charge is 2.44. The Morgan fingerprint density at radius 1 is 1.24 bits per heavy atom. The summed E-state index contributed by atoms with van der Waals surface area (Å²) in [5, 5.41) is 49.0. The number of ether oxygens (including phenoxy) is 3. The minimum Gasteiger partial charge on any atom is -0.493 e. The second-order valence-electron chi connectivity index (χ2n) is 5.33. The van der Waals surface area contributed by atoms with Gasteiger partial charge < -0.3 is 34.6 Å². The van der Waals surface area contributed by atoms with E-state index < -0.39 is 42.2 Å². The highest BCUT2D eigenvalue weighted by Crippen LogP contribution is 2.32. The van der Waals surface area contributed by atoms with Gasteiger partial charge in [-0.3, -0.25) is 10.1 Å². The summed E-state index contributed by atoms with van der Waals surface area (Å²) in [5.74, 6) is 0.354. The van der Waals surface area contributed by atoms with Crippen LogP contribution in [-0.4, -0.2) is 69.8 Å². The first kappa shape index (κ1) is 19.1. The zero-order chi connectivity index (χ0) is 18.6. The molecular weight excluding hydrogens is 338 g/mol. The lowest BCUT2D eigenvalue weighted by Gasteiger charge is -2.39. The monoisotopic (exact) mass is 357 g/mol. The topological polar surface area (TPSA) is 152 Å². The summed E-state index contributed by atoms with van der Waals surface area (Å²) in [5.41, 5.74) is 0.481. The molecule has 1 aliphatic heterocycles. The van der Waals surface area contributed by atoms with Gasteiger partial charge in [-0.2, -0.15) is 0 Å². The quantitative estimate of drug-likeness (QED) is 0.376. The van der Waals surface area contributed by atoms with Crippen LogP contribution in [0, 0.1) is 10.1 Å². The zero-order valence-corrected chi connectivity index (χ0v) is 13.3. The predicted octanol–water partition coefficient (Wildman–Crippen LogP) is -0.879. The molecule has 1 heterocycles. The number of hydrogen-bond donors (Lipinski definition) is 4. The van der Waals surface area contributed by atoms with Crippen LogP contribution in [-0.2, 0) is 4.74 Å². The lowest BCUT2D eigenvalue weighted by atomic mass is 9.99. The first-order valence-corrected chi connectivity index (χ1v) is 7.34. The molecular formula is C15H19NO9. The Morgan fingerprint density at radius 3 is 2.56 bits per heavy atom. The lowest BCUT2D eigenvalue weighted by Crippen LogP contribution is -2.60. The average Bonchev–Trinajstić information content (AvgIpc) is 2.60. The van der Waals surface area contributed by atoms with Gasteiger partial charge >= 0.3 is 0 Å². The van der Waals surface area contributed by atoms with E-state index >= 15 is 0 Å². The van der Waals surface area contributed by atoms with E-state index in [4.69, 9.17) is 19.3 Å². The molecule has 0 saturated carbocycles. The minimum absolute atomic E-state index is 0.144. The first-order chi connectivity index (χ1) is 11.9. The largest absolute Gasteiger partial charge is 0.493 e. The number of rotatable bonds is 6. The van der Waals surface area contributed by atoms with Crippen molar-refractivity contribution in [2.75, 3.05) is 13.7 Å². The Balaban J connectivity index is 2.19. The molecule has 0 spiro atoms. The molecule has 0 bridgehead atoms. The molecule has 0 aromatic heterocycles. The molecule has 0 aliphatic carbocycles. The first-order valence-electron chi connectivity index (χ1n) is 7.34. The van der Waals surface area contributed by atoms with Crippen molar-refractivity contribution < 1.29 is 39.6 Å². The van der Waals surface area contributed by atoms with E-state index in [2.05, 4.69) is 0 Å². The number of aliphatic hydroxyl groups is 4. The van der Waals surface area contributed by atoms with Crippen molar-refractivity contribution in [1.82, 2.24) is 0 Å². The van der Waals surface area contributed by atoms with E-state index in [9.17, 15) is 25.4 Å². The maximum Gasteiger partial charge on any atom is 0.235 e. The maximum atomic E-state index is 10.4. The van der Waals surface area contributed by atoms with E-state index in [-0.39, 0.29) is 11.5 Å². The standard InChI is InChI=1S/C15H19NO9/c1-23-10-6-8(4-5-16(21)22)2-3-9(10)24-15-14(20)13(19)12(18)11(7-17)25-15/h2-6,11-15,17-20H,7H2,1H3/t11-,12-,13+,14-,15-/m1/s1. The Kier molecular flexibility index (Phi) is 6.28. The predicted molar refractivity (Wildman–Crippen MR) is 83.4 cm³/mol. The number of hydrogen-bond acceptors (Lipinski definition) is 9. The van der Waals surface area contributed by atoms with Gasteiger partial charge in [-0.1, -0.05) is 6.07 Å². The fraction of sp³-hybridized carbons (Fsp3) is 0.467.